The Labute approximate surface area is 163 Å². The number of hydrogen-bond acceptors (Lipinski definition) is 4. The van der Waals surface area contributed by atoms with Crippen molar-refractivity contribution in [3.8, 4) is 0 Å². The minimum Gasteiger partial charge on any atom is -0.352 e. The Balaban J connectivity index is 1.53. The van der Waals surface area contributed by atoms with Gasteiger partial charge in [0.1, 0.15) is 0 Å². The van der Waals surface area contributed by atoms with Crippen LogP contribution in [0.4, 0.5) is 4.79 Å². The van der Waals surface area contributed by atoms with Crippen LogP contribution in [0.5, 0.6) is 0 Å². The summed E-state index contributed by atoms with van der Waals surface area (Å²) in [6.45, 7) is 0.572. The molecule has 1 saturated carbocycles. The Hall–Kier alpha value is -2.91. The van der Waals surface area contributed by atoms with E-state index in [0.717, 1.165) is 24.0 Å². The first-order chi connectivity index (χ1) is 13.3. The van der Waals surface area contributed by atoms with E-state index in [1.54, 1.807) is 36.4 Å². The predicted molar refractivity (Wildman–Crippen MR) is 104 cm³/mol. The van der Waals surface area contributed by atoms with Crippen molar-refractivity contribution in [1.29, 1.82) is 0 Å². The van der Waals surface area contributed by atoms with Gasteiger partial charge in [-0.05, 0) is 48.2 Å². The second-order valence-electron chi connectivity index (χ2n) is 6.64. The molecule has 0 atom stereocenters. The number of carbonyl (C=O) groups excluding carboxylic acids is 2. The quantitative estimate of drug-likeness (QED) is 0.529. The standard InChI is InChI=1S/C19H22N4O4S/c20-19(25)22-12-13-1-5-15(6-2-13)18(24)21-11-14-3-9-17(10-4-14)28(26,27)23-16-7-8-16/h1-6,9-10,16,23H,7-8,11-12H2,(H,21,24)(H3,20,22,25). The van der Waals surface area contributed by atoms with Crippen LogP contribution in [0.2, 0.25) is 0 Å². The van der Waals surface area contributed by atoms with Crippen molar-refractivity contribution in [2.24, 2.45) is 5.73 Å². The second kappa shape index (κ2) is 8.41. The summed E-state index contributed by atoms with van der Waals surface area (Å²) in [5.41, 5.74) is 7.12. The molecular weight excluding hydrogens is 380 g/mol. The third-order valence-corrected chi connectivity index (χ3v) is 5.81. The number of hydrogen-bond donors (Lipinski definition) is 4. The van der Waals surface area contributed by atoms with E-state index < -0.39 is 16.1 Å². The van der Waals surface area contributed by atoms with Crippen LogP contribution in [0.3, 0.4) is 0 Å². The van der Waals surface area contributed by atoms with Crippen LogP contribution in [0, 0.1) is 0 Å². The zero-order chi connectivity index (χ0) is 20.1. The van der Waals surface area contributed by atoms with Gasteiger partial charge in [-0.15, -0.1) is 0 Å². The van der Waals surface area contributed by atoms with Crippen LogP contribution in [0.15, 0.2) is 53.4 Å². The number of sulfonamides is 1. The van der Waals surface area contributed by atoms with Gasteiger partial charge >= 0.3 is 6.03 Å². The van der Waals surface area contributed by atoms with Gasteiger partial charge in [0.15, 0.2) is 0 Å². The van der Waals surface area contributed by atoms with Gasteiger partial charge in [-0.3, -0.25) is 4.79 Å². The molecule has 0 heterocycles. The Kier molecular flexibility index (Phi) is 5.96. The molecule has 0 unspecified atom stereocenters. The minimum atomic E-state index is -3.47. The van der Waals surface area contributed by atoms with Crippen molar-refractivity contribution >= 4 is 22.0 Å². The van der Waals surface area contributed by atoms with Gasteiger partial charge in [0.05, 0.1) is 4.90 Å². The summed E-state index contributed by atoms with van der Waals surface area (Å²) in [4.78, 5) is 23.2. The van der Waals surface area contributed by atoms with Crippen molar-refractivity contribution in [1.82, 2.24) is 15.4 Å². The van der Waals surface area contributed by atoms with Gasteiger partial charge in [-0.2, -0.15) is 0 Å². The summed E-state index contributed by atoms with van der Waals surface area (Å²) in [5, 5.41) is 5.27. The summed E-state index contributed by atoms with van der Waals surface area (Å²) in [6, 6.07) is 12.7. The molecule has 3 amide bonds. The van der Waals surface area contributed by atoms with Crippen LogP contribution in [-0.4, -0.2) is 26.4 Å². The van der Waals surface area contributed by atoms with Crippen LogP contribution in [-0.2, 0) is 23.1 Å². The maximum absolute atomic E-state index is 12.2. The van der Waals surface area contributed by atoms with E-state index in [9.17, 15) is 18.0 Å². The van der Waals surface area contributed by atoms with Gasteiger partial charge < -0.3 is 16.4 Å². The number of nitrogens with one attached hydrogen (secondary N) is 3. The van der Waals surface area contributed by atoms with Gasteiger partial charge in [0.25, 0.3) is 5.91 Å². The smallest absolute Gasteiger partial charge is 0.312 e. The first-order valence-electron chi connectivity index (χ1n) is 8.85. The van der Waals surface area contributed by atoms with E-state index in [4.69, 9.17) is 5.73 Å². The van der Waals surface area contributed by atoms with Crippen LogP contribution < -0.4 is 21.1 Å². The summed E-state index contributed by atoms with van der Waals surface area (Å²) >= 11 is 0. The minimum absolute atomic E-state index is 0.0573. The highest BCUT2D eigenvalue weighted by molar-refractivity contribution is 7.89. The third-order valence-electron chi connectivity index (χ3n) is 4.27. The number of amides is 3. The predicted octanol–water partition coefficient (Wildman–Crippen LogP) is 1.23. The molecule has 8 nitrogen and oxygen atoms in total. The summed E-state index contributed by atoms with van der Waals surface area (Å²) in [7, 11) is -3.47. The molecule has 2 aromatic rings. The summed E-state index contributed by atoms with van der Waals surface area (Å²) in [5.74, 6) is -0.249. The molecule has 1 aliphatic rings. The molecule has 1 fully saturated rings. The number of carbonyl (C=O) groups is 2. The van der Waals surface area contributed by atoms with Gasteiger partial charge in [-0.25, -0.2) is 17.9 Å². The zero-order valence-corrected chi connectivity index (χ0v) is 16.0. The number of primary amides is 1. The number of urea groups is 1. The van der Waals surface area contributed by atoms with E-state index in [1.807, 2.05) is 0 Å². The van der Waals surface area contributed by atoms with E-state index in [2.05, 4.69) is 15.4 Å². The fourth-order valence-electron chi connectivity index (χ4n) is 2.52. The van der Waals surface area contributed by atoms with Crippen molar-refractivity contribution in [3.63, 3.8) is 0 Å². The number of rotatable bonds is 8. The normalized spacial score (nSPS) is 13.7. The number of nitrogens with two attached hydrogens (primary N) is 1. The highest BCUT2D eigenvalue weighted by atomic mass is 32.2. The molecule has 3 rings (SSSR count). The molecule has 5 N–H and O–H groups in total. The zero-order valence-electron chi connectivity index (χ0n) is 15.1. The SMILES string of the molecule is NC(=O)NCc1ccc(C(=O)NCc2ccc(S(=O)(=O)NC3CC3)cc2)cc1. The highest BCUT2D eigenvalue weighted by Crippen LogP contribution is 2.22. The Morgan fingerprint density at radius 1 is 0.893 bits per heavy atom. The average Bonchev–Trinajstić information content (AvgIpc) is 3.48. The van der Waals surface area contributed by atoms with Crippen molar-refractivity contribution in [2.45, 2.75) is 36.9 Å². The first-order valence-corrected chi connectivity index (χ1v) is 10.3. The average molecular weight is 402 g/mol. The Bertz CT molecular complexity index is 952. The molecule has 0 aliphatic heterocycles. The molecule has 148 valence electrons. The summed E-state index contributed by atoms with van der Waals surface area (Å²) < 4.78 is 26.9. The van der Waals surface area contributed by atoms with Crippen molar-refractivity contribution < 1.29 is 18.0 Å². The topological polar surface area (TPSA) is 130 Å². The molecule has 0 bridgehead atoms. The molecule has 0 radical (unpaired) electrons. The van der Waals surface area contributed by atoms with E-state index in [0.29, 0.717) is 12.1 Å². The van der Waals surface area contributed by atoms with Crippen LogP contribution >= 0.6 is 0 Å². The Morgan fingerprint density at radius 3 is 1.96 bits per heavy atom. The lowest BCUT2D eigenvalue weighted by Crippen LogP contribution is -2.28. The first kappa shape index (κ1) is 19.8. The highest BCUT2D eigenvalue weighted by Gasteiger charge is 2.27. The molecule has 0 spiro atoms. The van der Waals surface area contributed by atoms with Crippen molar-refractivity contribution in [2.75, 3.05) is 0 Å². The molecule has 1 aliphatic carbocycles. The van der Waals surface area contributed by atoms with E-state index >= 15 is 0 Å². The molecule has 0 saturated heterocycles. The van der Waals surface area contributed by atoms with Gasteiger partial charge in [0, 0.05) is 24.7 Å². The van der Waals surface area contributed by atoms with Crippen molar-refractivity contribution in [3.05, 3.63) is 65.2 Å². The maximum atomic E-state index is 12.2. The second-order valence-corrected chi connectivity index (χ2v) is 8.35. The van der Waals surface area contributed by atoms with Gasteiger partial charge in [-0.1, -0.05) is 24.3 Å². The monoisotopic (exact) mass is 402 g/mol. The largest absolute Gasteiger partial charge is 0.352 e. The lowest BCUT2D eigenvalue weighted by Gasteiger charge is -2.09. The lowest BCUT2D eigenvalue weighted by atomic mass is 10.1. The summed E-state index contributed by atoms with van der Waals surface area (Å²) in [6.07, 6.45) is 1.76. The van der Waals surface area contributed by atoms with E-state index in [1.165, 1.54) is 12.1 Å². The molecule has 0 aromatic heterocycles. The fraction of sp³-hybridized carbons (Fsp3) is 0.263. The molecular formula is C19H22N4O4S. The number of benzene rings is 2. The van der Waals surface area contributed by atoms with Crippen LogP contribution in [0.25, 0.3) is 0 Å². The lowest BCUT2D eigenvalue weighted by molar-refractivity contribution is 0.0951. The Morgan fingerprint density at radius 2 is 1.43 bits per heavy atom. The van der Waals surface area contributed by atoms with Crippen LogP contribution in [0.1, 0.15) is 34.3 Å². The fourth-order valence-corrected chi connectivity index (χ4v) is 3.83. The van der Waals surface area contributed by atoms with Gasteiger partial charge in [0.2, 0.25) is 10.0 Å². The third kappa shape index (κ3) is 5.54. The molecule has 2 aromatic carbocycles. The van der Waals surface area contributed by atoms with E-state index in [-0.39, 0.29) is 23.4 Å². The molecule has 28 heavy (non-hydrogen) atoms. The maximum Gasteiger partial charge on any atom is 0.312 e. The molecule has 9 heteroatoms.